The van der Waals surface area contributed by atoms with Gasteiger partial charge in [-0.3, -0.25) is 4.90 Å². The molecule has 2 aromatic rings. The molecular weight excluding hydrogens is 318 g/mol. The number of nitrogens with zero attached hydrogens (tertiary/aromatic N) is 1. The summed E-state index contributed by atoms with van der Waals surface area (Å²) in [6.45, 7) is 4.57. The largest absolute Gasteiger partial charge is 0.493 e. The Bertz CT molecular complexity index is 706. The van der Waals surface area contributed by atoms with E-state index in [1.165, 1.54) is 5.56 Å². The molecule has 0 bridgehead atoms. The smallest absolute Gasteiger partial charge is 0.203 e. The summed E-state index contributed by atoms with van der Waals surface area (Å²) in [5.41, 5.74) is 2.32. The van der Waals surface area contributed by atoms with Gasteiger partial charge in [-0.25, -0.2) is 0 Å². The van der Waals surface area contributed by atoms with Gasteiger partial charge in [0.1, 0.15) is 11.9 Å². The number of rotatable bonds is 5. The van der Waals surface area contributed by atoms with Crippen molar-refractivity contribution < 1.29 is 18.9 Å². The van der Waals surface area contributed by atoms with E-state index in [2.05, 4.69) is 24.0 Å². The van der Waals surface area contributed by atoms with Crippen molar-refractivity contribution in [2.45, 2.75) is 26.1 Å². The second-order valence-corrected chi connectivity index (χ2v) is 6.24. The van der Waals surface area contributed by atoms with Crippen LogP contribution in [0.15, 0.2) is 36.4 Å². The molecule has 25 heavy (non-hydrogen) atoms. The molecule has 0 saturated carbocycles. The van der Waals surface area contributed by atoms with Gasteiger partial charge in [-0.1, -0.05) is 18.2 Å². The van der Waals surface area contributed by atoms with Gasteiger partial charge in [0, 0.05) is 25.2 Å². The molecule has 2 aromatic carbocycles. The first kappa shape index (κ1) is 17.4. The van der Waals surface area contributed by atoms with E-state index in [1.54, 1.807) is 21.3 Å². The molecule has 0 saturated heterocycles. The van der Waals surface area contributed by atoms with Gasteiger partial charge in [0.2, 0.25) is 5.75 Å². The van der Waals surface area contributed by atoms with E-state index in [9.17, 15) is 0 Å². The van der Waals surface area contributed by atoms with Crippen molar-refractivity contribution in [3.8, 4) is 23.0 Å². The maximum absolute atomic E-state index is 6.04. The Morgan fingerprint density at radius 1 is 1.04 bits per heavy atom. The molecule has 1 atom stereocenters. The molecule has 0 N–H and O–H groups in total. The highest BCUT2D eigenvalue weighted by Gasteiger charge is 2.21. The summed E-state index contributed by atoms with van der Waals surface area (Å²) in [5, 5.41) is 0. The Balaban J connectivity index is 1.86. The normalized spacial score (nSPS) is 17.2. The second-order valence-electron chi connectivity index (χ2n) is 6.24. The Morgan fingerprint density at radius 2 is 1.72 bits per heavy atom. The number of para-hydroxylation sites is 1. The molecule has 134 valence electrons. The Kier molecular flexibility index (Phi) is 5.34. The van der Waals surface area contributed by atoms with Crippen LogP contribution in [-0.2, 0) is 13.1 Å². The van der Waals surface area contributed by atoms with E-state index >= 15 is 0 Å². The van der Waals surface area contributed by atoms with Gasteiger partial charge in [-0.2, -0.15) is 0 Å². The lowest BCUT2D eigenvalue weighted by Crippen LogP contribution is -2.30. The van der Waals surface area contributed by atoms with Crippen molar-refractivity contribution in [3.05, 3.63) is 47.5 Å². The van der Waals surface area contributed by atoms with Gasteiger partial charge in [0.05, 0.1) is 21.3 Å². The van der Waals surface area contributed by atoms with Crippen molar-refractivity contribution >= 4 is 0 Å². The Labute approximate surface area is 149 Å². The highest BCUT2D eigenvalue weighted by molar-refractivity contribution is 5.53. The summed E-state index contributed by atoms with van der Waals surface area (Å²) >= 11 is 0. The number of fused-ring (bicyclic) bond motifs is 1. The van der Waals surface area contributed by atoms with Crippen molar-refractivity contribution in [2.75, 3.05) is 27.9 Å². The predicted octanol–water partition coefficient (Wildman–Crippen LogP) is 3.50. The van der Waals surface area contributed by atoms with E-state index in [4.69, 9.17) is 18.9 Å². The topological polar surface area (TPSA) is 40.2 Å². The first-order valence-corrected chi connectivity index (χ1v) is 8.40. The maximum Gasteiger partial charge on any atom is 0.203 e. The summed E-state index contributed by atoms with van der Waals surface area (Å²) in [6, 6.07) is 12.2. The number of hydrogen-bond donors (Lipinski definition) is 0. The molecule has 0 spiro atoms. The van der Waals surface area contributed by atoms with Crippen LogP contribution >= 0.6 is 0 Å². The first-order chi connectivity index (χ1) is 12.1. The molecule has 0 aliphatic carbocycles. The lowest BCUT2D eigenvalue weighted by atomic mass is 10.1. The van der Waals surface area contributed by atoms with Crippen LogP contribution < -0.4 is 18.9 Å². The standard InChI is InChI=1S/C20H25NO4/c1-14-11-21(13-16-7-5-6-8-17(16)25-14)12-15-9-18(22-2)20(24-4)19(10-15)23-3/h5-10,14H,11-13H2,1-4H3. The molecule has 1 aliphatic heterocycles. The molecule has 5 heteroatoms. The van der Waals surface area contributed by atoms with E-state index < -0.39 is 0 Å². The number of benzene rings is 2. The van der Waals surface area contributed by atoms with Gasteiger partial charge in [-0.15, -0.1) is 0 Å². The fourth-order valence-electron chi connectivity index (χ4n) is 3.28. The van der Waals surface area contributed by atoms with E-state index in [0.717, 1.165) is 30.9 Å². The van der Waals surface area contributed by atoms with Gasteiger partial charge in [0.15, 0.2) is 11.5 Å². The van der Waals surface area contributed by atoms with Crippen molar-refractivity contribution in [1.29, 1.82) is 0 Å². The zero-order valence-electron chi connectivity index (χ0n) is 15.2. The third-order valence-electron chi connectivity index (χ3n) is 4.34. The minimum Gasteiger partial charge on any atom is -0.493 e. The molecular formula is C20H25NO4. The number of hydrogen-bond acceptors (Lipinski definition) is 5. The molecule has 0 fully saturated rings. The van der Waals surface area contributed by atoms with Gasteiger partial charge in [0.25, 0.3) is 0 Å². The van der Waals surface area contributed by atoms with Gasteiger partial charge < -0.3 is 18.9 Å². The van der Waals surface area contributed by atoms with Crippen molar-refractivity contribution in [1.82, 2.24) is 4.90 Å². The van der Waals surface area contributed by atoms with Gasteiger partial charge in [-0.05, 0) is 30.7 Å². The average molecular weight is 343 g/mol. The van der Waals surface area contributed by atoms with Crippen molar-refractivity contribution in [2.24, 2.45) is 0 Å². The van der Waals surface area contributed by atoms with Gasteiger partial charge >= 0.3 is 0 Å². The SMILES string of the molecule is COc1cc(CN2Cc3ccccc3OC(C)C2)cc(OC)c1OC. The molecule has 3 rings (SSSR count). The summed E-state index contributed by atoms with van der Waals surface area (Å²) in [4.78, 5) is 2.37. The average Bonchev–Trinajstić information content (AvgIpc) is 2.77. The van der Waals surface area contributed by atoms with Crippen LogP contribution in [0, 0.1) is 0 Å². The van der Waals surface area contributed by atoms with E-state index in [1.807, 2.05) is 24.3 Å². The fourth-order valence-corrected chi connectivity index (χ4v) is 3.28. The van der Waals surface area contributed by atoms with Crippen LogP contribution in [-0.4, -0.2) is 38.9 Å². The van der Waals surface area contributed by atoms with Crippen LogP contribution in [0.25, 0.3) is 0 Å². The molecule has 1 unspecified atom stereocenters. The minimum atomic E-state index is 0.130. The second kappa shape index (κ2) is 7.66. The lowest BCUT2D eigenvalue weighted by Gasteiger charge is -2.23. The van der Waals surface area contributed by atoms with Crippen LogP contribution in [0.1, 0.15) is 18.1 Å². The van der Waals surface area contributed by atoms with Crippen LogP contribution in [0.2, 0.25) is 0 Å². The quantitative estimate of drug-likeness (QED) is 0.831. The zero-order chi connectivity index (χ0) is 17.8. The number of ether oxygens (including phenoxy) is 4. The lowest BCUT2D eigenvalue weighted by molar-refractivity contribution is 0.156. The van der Waals surface area contributed by atoms with Crippen LogP contribution in [0.5, 0.6) is 23.0 Å². The summed E-state index contributed by atoms with van der Waals surface area (Å²) in [5.74, 6) is 2.95. The summed E-state index contributed by atoms with van der Waals surface area (Å²) < 4.78 is 22.4. The highest BCUT2D eigenvalue weighted by atomic mass is 16.5. The Hall–Kier alpha value is -2.40. The third kappa shape index (κ3) is 3.82. The van der Waals surface area contributed by atoms with E-state index in [-0.39, 0.29) is 6.10 Å². The van der Waals surface area contributed by atoms with Crippen LogP contribution in [0.4, 0.5) is 0 Å². The fraction of sp³-hybridized carbons (Fsp3) is 0.400. The first-order valence-electron chi connectivity index (χ1n) is 8.40. The zero-order valence-corrected chi connectivity index (χ0v) is 15.2. The molecule has 0 amide bonds. The molecule has 0 aromatic heterocycles. The Morgan fingerprint density at radius 3 is 2.36 bits per heavy atom. The number of methoxy groups -OCH3 is 3. The molecule has 1 heterocycles. The summed E-state index contributed by atoms with van der Waals surface area (Å²) in [7, 11) is 4.89. The minimum absolute atomic E-state index is 0.130. The monoisotopic (exact) mass is 343 g/mol. The third-order valence-corrected chi connectivity index (χ3v) is 4.34. The molecule has 0 radical (unpaired) electrons. The van der Waals surface area contributed by atoms with Crippen LogP contribution in [0.3, 0.4) is 0 Å². The van der Waals surface area contributed by atoms with E-state index in [0.29, 0.717) is 17.2 Å². The molecule has 1 aliphatic rings. The predicted molar refractivity (Wildman–Crippen MR) is 96.7 cm³/mol. The maximum atomic E-state index is 6.04. The highest BCUT2D eigenvalue weighted by Crippen LogP contribution is 2.38. The van der Waals surface area contributed by atoms with Crippen molar-refractivity contribution in [3.63, 3.8) is 0 Å². The summed E-state index contributed by atoms with van der Waals surface area (Å²) in [6.07, 6.45) is 0.130. The molecule has 5 nitrogen and oxygen atoms in total.